The van der Waals surface area contributed by atoms with Crippen molar-refractivity contribution in [3.63, 3.8) is 0 Å². The average molecular weight is 282 g/mol. The molecule has 1 aliphatic rings. The van der Waals surface area contributed by atoms with Gasteiger partial charge in [-0.15, -0.1) is 0 Å². The molecular weight excluding hydrogens is 259 g/mol. The van der Waals surface area contributed by atoms with Crippen LogP contribution in [0.3, 0.4) is 0 Å². The van der Waals surface area contributed by atoms with Crippen molar-refractivity contribution in [2.45, 2.75) is 38.4 Å². The molecule has 0 spiro atoms. The second kappa shape index (κ2) is 6.73. The highest BCUT2D eigenvalue weighted by atomic mass is 32.2. The standard InChI is InChI=1S/C15H23FN2S/c1-3-14(17)15(12-6-4-5-7-13(12)16)18-8-9-19-10-11(18)2/h4-7,11,14-15H,3,8-10,17H2,1-2H3. The predicted molar refractivity (Wildman–Crippen MR) is 80.9 cm³/mol. The van der Waals surface area contributed by atoms with Crippen LogP contribution >= 0.6 is 11.8 Å². The quantitative estimate of drug-likeness (QED) is 0.920. The molecule has 0 aromatic heterocycles. The van der Waals surface area contributed by atoms with E-state index in [1.807, 2.05) is 23.9 Å². The summed E-state index contributed by atoms with van der Waals surface area (Å²) in [6, 6.07) is 7.46. The Labute approximate surface area is 119 Å². The van der Waals surface area contributed by atoms with Crippen molar-refractivity contribution >= 4 is 11.8 Å². The molecule has 19 heavy (non-hydrogen) atoms. The highest BCUT2D eigenvalue weighted by Gasteiger charge is 2.32. The van der Waals surface area contributed by atoms with Crippen molar-refractivity contribution in [1.29, 1.82) is 0 Å². The number of halogens is 1. The molecule has 1 aromatic carbocycles. The zero-order valence-corrected chi connectivity index (χ0v) is 12.5. The van der Waals surface area contributed by atoms with Crippen LogP contribution in [0.5, 0.6) is 0 Å². The molecule has 1 saturated heterocycles. The molecule has 0 amide bonds. The van der Waals surface area contributed by atoms with Gasteiger partial charge in [0, 0.05) is 35.7 Å². The summed E-state index contributed by atoms with van der Waals surface area (Å²) in [5, 5.41) is 0. The maximum atomic E-state index is 14.1. The number of hydrogen-bond acceptors (Lipinski definition) is 3. The maximum Gasteiger partial charge on any atom is 0.128 e. The van der Waals surface area contributed by atoms with E-state index >= 15 is 0 Å². The van der Waals surface area contributed by atoms with Gasteiger partial charge in [0.2, 0.25) is 0 Å². The molecule has 3 unspecified atom stereocenters. The summed E-state index contributed by atoms with van der Waals surface area (Å²) in [5.41, 5.74) is 7.04. The Bertz CT molecular complexity index is 413. The summed E-state index contributed by atoms with van der Waals surface area (Å²) in [4.78, 5) is 2.38. The van der Waals surface area contributed by atoms with Gasteiger partial charge in [0.05, 0.1) is 6.04 Å². The van der Waals surface area contributed by atoms with E-state index in [9.17, 15) is 4.39 Å². The van der Waals surface area contributed by atoms with E-state index in [1.54, 1.807) is 6.07 Å². The Morgan fingerprint density at radius 3 is 2.84 bits per heavy atom. The number of rotatable bonds is 4. The van der Waals surface area contributed by atoms with Gasteiger partial charge in [-0.05, 0) is 19.4 Å². The fourth-order valence-electron chi connectivity index (χ4n) is 2.75. The largest absolute Gasteiger partial charge is 0.326 e. The van der Waals surface area contributed by atoms with Gasteiger partial charge in [0.1, 0.15) is 5.82 Å². The van der Waals surface area contributed by atoms with E-state index in [1.165, 1.54) is 6.07 Å². The second-order valence-electron chi connectivity index (χ2n) is 5.20. The van der Waals surface area contributed by atoms with Crippen molar-refractivity contribution in [2.75, 3.05) is 18.1 Å². The summed E-state index contributed by atoms with van der Waals surface area (Å²) >= 11 is 1.97. The number of hydrogen-bond donors (Lipinski definition) is 1. The third kappa shape index (κ3) is 3.30. The van der Waals surface area contributed by atoms with Crippen molar-refractivity contribution in [2.24, 2.45) is 5.73 Å². The lowest BCUT2D eigenvalue weighted by molar-refractivity contribution is 0.134. The van der Waals surface area contributed by atoms with Gasteiger partial charge in [-0.3, -0.25) is 4.90 Å². The minimum atomic E-state index is -0.137. The normalized spacial score (nSPS) is 24.1. The summed E-state index contributed by atoms with van der Waals surface area (Å²) in [5.74, 6) is 2.06. The lowest BCUT2D eigenvalue weighted by atomic mass is 9.94. The van der Waals surface area contributed by atoms with Crippen LogP contribution in [0, 0.1) is 5.82 Å². The van der Waals surface area contributed by atoms with E-state index in [-0.39, 0.29) is 17.9 Å². The van der Waals surface area contributed by atoms with E-state index in [0.29, 0.717) is 6.04 Å². The molecule has 1 fully saturated rings. The molecule has 1 heterocycles. The molecule has 1 aromatic rings. The maximum absolute atomic E-state index is 14.1. The van der Waals surface area contributed by atoms with Gasteiger partial charge in [0.15, 0.2) is 0 Å². The Hall–Kier alpha value is -0.580. The topological polar surface area (TPSA) is 29.3 Å². The Morgan fingerprint density at radius 1 is 1.47 bits per heavy atom. The Balaban J connectivity index is 2.33. The van der Waals surface area contributed by atoms with E-state index in [4.69, 9.17) is 5.73 Å². The van der Waals surface area contributed by atoms with Gasteiger partial charge < -0.3 is 5.73 Å². The highest BCUT2D eigenvalue weighted by molar-refractivity contribution is 7.99. The van der Waals surface area contributed by atoms with Gasteiger partial charge >= 0.3 is 0 Å². The third-order valence-electron chi connectivity index (χ3n) is 3.88. The summed E-state index contributed by atoms with van der Waals surface area (Å²) in [6.07, 6.45) is 0.857. The monoisotopic (exact) mass is 282 g/mol. The first-order valence-corrected chi connectivity index (χ1v) is 8.14. The third-order valence-corrected chi connectivity index (χ3v) is 5.07. The molecule has 0 bridgehead atoms. The Morgan fingerprint density at radius 2 is 2.21 bits per heavy atom. The minimum absolute atomic E-state index is 0.0119. The number of nitrogens with two attached hydrogens (primary N) is 1. The SMILES string of the molecule is CCC(N)C(c1ccccc1F)N1CCSCC1C. The second-order valence-corrected chi connectivity index (χ2v) is 6.35. The van der Waals surface area contributed by atoms with Crippen LogP contribution < -0.4 is 5.73 Å². The number of nitrogens with zero attached hydrogens (tertiary/aromatic N) is 1. The van der Waals surface area contributed by atoms with Crippen LogP contribution in [0.25, 0.3) is 0 Å². The Kier molecular flexibility index (Phi) is 5.25. The smallest absolute Gasteiger partial charge is 0.128 e. The lowest BCUT2D eigenvalue weighted by Crippen LogP contribution is -2.49. The van der Waals surface area contributed by atoms with E-state index in [0.717, 1.165) is 30.0 Å². The van der Waals surface area contributed by atoms with Crippen LogP contribution in [0.2, 0.25) is 0 Å². The summed E-state index contributed by atoms with van der Waals surface area (Å²) < 4.78 is 14.1. The van der Waals surface area contributed by atoms with Crippen LogP contribution in [0.1, 0.15) is 31.9 Å². The van der Waals surface area contributed by atoms with Crippen molar-refractivity contribution in [3.8, 4) is 0 Å². The predicted octanol–water partition coefficient (Wildman–Crippen LogP) is 3.04. The van der Waals surface area contributed by atoms with Crippen molar-refractivity contribution < 1.29 is 4.39 Å². The first-order valence-electron chi connectivity index (χ1n) is 6.98. The van der Waals surface area contributed by atoms with E-state index < -0.39 is 0 Å². The molecule has 3 atom stereocenters. The number of benzene rings is 1. The average Bonchev–Trinajstić information content (AvgIpc) is 2.43. The van der Waals surface area contributed by atoms with Crippen LogP contribution in [0.15, 0.2) is 24.3 Å². The van der Waals surface area contributed by atoms with E-state index in [2.05, 4.69) is 18.7 Å². The minimum Gasteiger partial charge on any atom is -0.326 e. The van der Waals surface area contributed by atoms with Gasteiger partial charge in [-0.1, -0.05) is 25.1 Å². The molecule has 2 rings (SSSR count). The molecule has 1 aliphatic heterocycles. The number of thioether (sulfide) groups is 1. The summed E-state index contributed by atoms with van der Waals surface area (Å²) in [7, 11) is 0. The molecule has 2 N–H and O–H groups in total. The van der Waals surface area contributed by atoms with Gasteiger partial charge in [-0.25, -0.2) is 4.39 Å². The zero-order chi connectivity index (χ0) is 13.8. The van der Waals surface area contributed by atoms with Crippen LogP contribution in [-0.4, -0.2) is 35.0 Å². The zero-order valence-electron chi connectivity index (χ0n) is 11.7. The van der Waals surface area contributed by atoms with Crippen molar-refractivity contribution in [1.82, 2.24) is 4.90 Å². The van der Waals surface area contributed by atoms with Gasteiger partial charge in [0.25, 0.3) is 0 Å². The highest BCUT2D eigenvalue weighted by Crippen LogP contribution is 2.32. The van der Waals surface area contributed by atoms with Gasteiger partial charge in [-0.2, -0.15) is 11.8 Å². The molecule has 0 aliphatic carbocycles. The van der Waals surface area contributed by atoms with Crippen molar-refractivity contribution in [3.05, 3.63) is 35.6 Å². The van der Waals surface area contributed by atoms with Crippen LogP contribution in [-0.2, 0) is 0 Å². The fourth-order valence-corrected chi connectivity index (χ4v) is 3.79. The summed E-state index contributed by atoms with van der Waals surface area (Å²) in [6.45, 7) is 5.27. The lowest BCUT2D eigenvalue weighted by Gasteiger charge is -2.42. The first-order chi connectivity index (χ1) is 9.15. The molecule has 4 heteroatoms. The molecule has 106 valence electrons. The molecular formula is C15H23FN2S. The molecule has 2 nitrogen and oxygen atoms in total. The van der Waals surface area contributed by atoms with Crippen LogP contribution in [0.4, 0.5) is 4.39 Å². The molecule has 0 radical (unpaired) electrons. The fraction of sp³-hybridized carbons (Fsp3) is 0.600. The molecule has 0 saturated carbocycles. The first kappa shape index (κ1) is 14.8.